The predicted molar refractivity (Wildman–Crippen MR) is 79.7 cm³/mol. The zero-order chi connectivity index (χ0) is 10.9. The number of nitrogens with zero attached hydrogens (tertiary/aromatic N) is 2. The summed E-state index contributed by atoms with van der Waals surface area (Å²) in [6.45, 7) is 16.2. The molecule has 2 N–H and O–H groups in total. The summed E-state index contributed by atoms with van der Waals surface area (Å²) >= 11 is 0. The van der Waals surface area contributed by atoms with Gasteiger partial charge in [0.15, 0.2) is 0 Å². The van der Waals surface area contributed by atoms with Crippen molar-refractivity contribution in [1.29, 1.82) is 0 Å². The van der Waals surface area contributed by atoms with Crippen molar-refractivity contribution in [2.75, 3.05) is 78.5 Å². The van der Waals surface area contributed by atoms with E-state index in [1.54, 1.807) is 0 Å². The summed E-state index contributed by atoms with van der Waals surface area (Å²) in [6, 6.07) is 0. The van der Waals surface area contributed by atoms with Crippen LogP contribution in [0.5, 0.6) is 0 Å². The van der Waals surface area contributed by atoms with Crippen LogP contribution < -0.4 is 35.4 Å². The van der Waals surface area contributed by atoms with E-state index < -0.39 is 0 Å². The van der Waals surface area contributed by atoms with Gasteiger partial charge < -0.3 is 44.4 Å². The van der Waals surface area contributed by atoms with E-state index in [-0.39, 0.29) is 49.6 Å². The number of nitrogens with one attached hydrogen (secondary N) is 2. The van der Waals surface area contributed by atoms with Crippen LogP contribution in [0.3, 0.4) is 0 Å². The fourth-order valence-corrected chi connectivity index (χ4v) is 3.71. The molecule has 3 fully saturated rings. The van der Waals surface area contributed by atoms with E-state index in [2.05, 4.69) is 10.6 Å². The standard InChI is InChI=1S/C12H26N4.4ClH/c1-5-15(6-2-13-1)9-11-16(12-10-15)7-3-14-4-8-16;;;;/h13-14H,1-12H2;4*1H/q+2;;;;/p-2. The first-order chi connectivity index (χ1) is 7.83. The van der Waals surface area contributed by atoms with Gasteiger partial charge in [-0.15, -0.1) is 24.8 Å². The second-order valence-corrected chi connectivity index (χ2v) is 5.97. The van der Waals surface area contributed by atoms with Gasteiger partial charge >= 0.3 is 0 Å². The van der Waals surface area contributed by atoms with E-state index in [9.17, 15) is 0 Å². The minimum absolute atomic E-state index is 0. The van der Waals surface area contributed by atoms with Crippen LogP contribution in [0.25, 0.3) is 0 Å². The zero-order valence-corrected chi connectivity index (χ0v) is 15.1. The van der Waals surface area contributed by atoms with Crippen LogP contribution >= 0.6 is 24.8 Å². The van der Waals surface area contributed by atoms with Crippen LogP contribution in [-0.4, -0.2) is 87.5 Å². The number of piperazine rings is 3. The van der Waals surface area contributed by atoms with Gasteiger partial charge in [0.1, 0.15) is 26.2 Å². The molecule has 0 radical (unpaired) electrons. The molecule has 3 heterocycles. The Hall–Kier alpha value is 1.00. The van der Waals surface area contributed by atoms with E-state index in [1.165, 1.54) is 87.5 Å². The van der Waals surface area contributed by atoms with E-state index in [0.29, 0.717) is 0 Å². The molecule has 3 aliphatic rings. The maximum absolute atomic E-state index is 3.50. The Balaban J connectivity index is 0. The fraction of sp³-hybridized carbons (Fsp3) is 1.00. The molecule has 0 unspecified atom stereocenters. The molecular weight excluding hydrogens is 342 g/mol. The molecule has 0 aromatic carbocycles. The van der Waals surface area contributed by atoms with Crippen LogP contribution in [0.2, 0.25) is 0 Å². The normalized spacial score (nSPS) is 26.4. The molecular formula is C12H28Cl4N4. The summed E-state index contributed by atoms with van der Waals surface area (Å²) in [5.41, 5.74) is 0. The van der Waals surface area contributed by atoms with Gasteiger partial charge in [-0.1, -0.05) is 0 Å². The SMILES string of the molecule is C1C[N+]2(CCN1)CC[N+]1(CCNCC1)CC2.Cl.Cl.[Cl-].[Cl-]. The second-order valence-electron chi connectivity index (χ2n) is 5.97. The van der Waals surface area contributed by atoms with Crippen molar-refractivity contribution in [2.45, 2.75) is 0 Å². The molecule has 0 bridgehead atoms. The van der Waals surface area contributed by atoms with Crippen LogP contribution in [0.1, 0.15) is 0 Å². The summed E-state index contributed by atoms with van der Waals surface area (Å²) in [6.07, 6.45) is 0. The molecule has 3 rings (SSSR count). The van der Waals surface area contributed by atoms with Gasteiger partial charge in [0, 0.05) is 26.2 Å². The zero-order valence-electron chi connectivity index (χ0n) is 12.0. The monoisotopic (exact) mass is 368 g/mol. The molecule has 0 aromatic rings. The molecule has 3 saturated heterocycles. The average Bonchev–Trinajstić information content (AvgIpc) is 2.36. The molecule has 8 heteroatoms. The highest BCUT2D eigenvalue weighted by Crippen LogP contribution is 2.20. The molecule has 0 atom stereocenters. The molecule has 0 aromatic heterocycles. The predicted octanol–water partition coefficient (Wildman–Crippen LogP) is -6.31. The number of rotatable bonds is 0. The lowest BCUT2D eigenvalue weighted by atomic mass is 10.1. The summed E-state index contributed by atoms with van der Waals surface area (Å²) in [5, 5.41) is 6.99. The van der Waals surface area contributed by atoms with Crippen molar-refractivity contribution < 1.29 is 33.8 Å². The first-order valence-electron chi connectivity index (χ1n) is 6.94. The Morgan fingerprint density at radius 3 is 0.950 bits per heavy atom. The van der Waals surface area contributed by atoms with E-state index in [1.807, 2.05) is 0 Å². The van der Waals surface area contributed by atoms with Gasteiger partial charge in [-0.3, -0.25) is 0 Å². The Bertz CT molecular complexity index is 218. The molecule has 4 nitrogen and oxygen atoms in total. The lowest BCUT2D eigenvalue weighted by molar-refractivity contribution is -1.03. The van der Waals surface area contributed by atoms with E-state index in [4.69, 9.17) is 0 Å². The molecule has 3 aliphatic heterocycles. The lowest BCUT2D eigenvalue weighted by Crippen LogP contribution is -3.00. The maximum Gasteiger partial charge on any atom is 0.129 e. The minimum Gasteiger partial charge on any atom is -1.00 e. The van der Waals surface area contributed by atoms with Gasteiger partial charge in [0.05, 0.1) is 26.2 Å². The van der Waals surface area contributed by atoms with Crippen molar-refractivity contribution >= 4 is 24.8 Å². The topological polar surface area (TPSA) is 24.1 Å². The minimum atomic E-state index is 0. The highest BCUT2D eigenvalue weighted by atomic mass is 35.5. The Labute approximate surface area is 147 Å². The molecule has 0 amide bonds. The molecule has 0 aliphatic carbocycles. The molecule has 20 heavy (non-hydrogen) atoms. The van der Waals surface area contributed by atoms with Crippen LogP contribution in [-0.2, 0) is 0 Å². The third kappa shape index (κ3) is 5.03. The second kappa shape index (κ2) is 9.90. The van der Waals surface area contributed by atoms with E-state index >= 15 is 0 Å². The van der Waals surface area contributed by atoms with Gasteiger partial charge in [-0.2, -0.15) is 0 Å². The number of hydrogen-bond donors (Lipinski definition) is 2. The lowest BCUT2D eigenvalue weighted by Gasteiger charge is -2.52. The number of quaternary nitrogens is 2. The van der Waals surface area contributed by atoms with Crippen molar-refractivity contribution in [3.05, 3.63) is 0 Å². The third-order valence-electron chi connectivity index (χ3n) is 5.15. The molecule has 124 valence electrons. The third-order valence-corrected chi connectivity index (χ3v) is 5.15. The van der Waals surface area contributed by atoms with Crippen LogP contribution in [0, 0.1) is 0 Å². The van der Waals surface area contributed by atoms with Gasteiger partial charge in [0.25, 0.3) is 0 Å². The molecule has 0 saturated carbocycles. The van der Waals surface area contributed by atoms with Gasteiger partial charge in [-0.05, 0) is 0 Å². The van der Waals surface area contributed by atoms with Crippen molar-refractivity contribution in [2.24, 2.45) is 0 Å². The summed E-state index contributed by atoms with van der Waals surface area (Å²) in [5.74, 6) is 0. The Morgan fingerprint density at radius 1 is 0.450 bits per heavy atom. The summed E-state index contributed by atoms with van der Waals surface area (Å²) < 4.78 is 2.83. The first-order valence-corrected chi connectivity index (χ1v) is 6.94. The van der Waals surface area contributed by atoms with Crippen LogP contribution in [0.4, 0.5) is 0 Å². The van der Waals surface area contributed by atoms with Crippen LogP contribution in [0.15, 0.2) is 0 Å². The van der Waals surface area contributed by atoms with Gasteiger partial charge in [0.2, 0.25) is 0 Å². The highest BCUT2D eigenvalue weighted by Gasteiger charge is 2.42. The van der Waals surface area contributed by atoms with Crippen molar-refractivity contribution in [3.8, 4) is 0 Å². The number of halogens is 4. The number of hydrogen-bond acceptors (Lipinski definition) is 2. The Morgan fingerprint density at radius 2 is 0.700 bits per heavy atom. The average molecular weight is 370 g/mol. The summed E-state index contributed by atoms with van der Waals surface area (Å²) in [4.78, 5) is 0. The van der Waals surface area contributed by atoms with Gasteiger partial charge in [-0.25, -0.2) is 0 Å². The van der Waals surface area contributed by atoms with Crippen molar-refractivity contribution in [1.82, 2.24) is 10.6 Å². The highest BCUT2D eigenvalue weighted by molar-refractivity contribution is 5.85. The van der Waals surface area contributed by atoms with E-state index in [0.717, 1.165) is 0 Å². The smallest absolute Gasteiger partial charge is 0.129 e. The molecule has 2 spiro atoms. The Kier molecular flexibility index (Phi) is 11.5. The maximum atomic E-state index is 3.50. The fourth-order valence-electron chi connectivity index (χ4n) is 3.71. The summed E-state index contributed by atoms with van der Waals surface area (Å²) in [7, 11) is 0. The quantitative estimate of drug-likeness (QED) is 0.415. The largest absolute Gasteiger partial charge is 1.00 e. The van der Waals surface area contributed by atoms with Crippen molar-refractivity contribution in [3.63, 3.8) is 0 Å². The first kappa shape index (κ1) is 23.3.